The van der Waals surface area contributed by atoms with Gasteiger partial charge in [0.15, 0.2) is 5.82 Å². The molecule has 0 aliphatic carbocycles. The van der Waals surface area contributed by atoms with Gasteiger partial charge in [-0.1, -0.05) is 18.5 Å². The average molecular weight is 238 g/mol. The highest BCUT2D eigenvalue weighted by Crippen LogP contribution is 2.08. The van der Waals surface area contributed by atoms with Crippen LogP contribution in [0.1, 0.15) is 37.9 Å². The number of hydrogen-bond acceptors (Lipinski definition) is 5. The zero-order valence-electron chi connectivity index (χ0n) is 10.8. The first kappa shape index (κ1) is 12.5. The fourth-order valence-corrected chi connectivity index (χ4v) is 2.37. The summed E-state index contributed by atoms with van der Waals surface area (Å²) in [7, 11) is 0. The van der Waals surface area contributed by atoms with Gasteiger partial charge in [0.05, 0.1) is 6.54 Å². The van der Waals surface area contributed by atoms with Gasteiger partial charge in [-0.3, -0.25) is 4.90 Å². The monoisotopic (exact) mass is 238 g/mol. The molecule has 1 N–H and O–H groups in total. The first-order valence-corrected chi connectivity index (χ1v) is 6.53. The zero-order chi connectivity index (χ0) is 12.1. The highest BCUT2D eigenvalue weighted by Gasteiger charge is 2.18. The minimum atomic E-state index is 0.607. The van der Waals surface area contributed by atoms with E-state index in [-0.39, 0.29) is 0 Å². The van der Waals surface area contributed by atoms with E-state index in [9.17, 15) is 0 Å². The van der Waals surface area contributed by atoms with E-state index in [0.29, 0.717) is 11.9 Å². The number of nitrogens with zero attached hydrogens (tertiary/aromatic N) is 3. The Hall–Kier alpha value is -0.940. The Kier molecular flexibility index (Phi) is 4.50. The van der Waals surface area contributed by atoms with Crippen molar-refractivity contribution in [3.63, 3.8) is 0 Å². The van der Waals surface area contributed by atoms with E-state index in [0.717, 1.165) is 32.0 Å². The van der Waals surface area contributed by atoms with Crippen molar-refractivity contribution < 1.29 is 4.52 Å². The molecule has 1 aliphatic rings. The van der Waals surface area contributed by atoms with E-state index in [2.05, 4.69) is 27.3 Å². The molecule has 1 aromatic heterocycles. The van der Waals surface area contributed by atoms with Crippen LogP contribution in [0.15, 0.2) is 4.52 Å². The first-order chi connectivity index (χ1) is 8.28. The third-order valence-corrected chi connectivity index (χ3v) is 3.13. The van der Waals surface area contributed by atoms with Crippen LogP contribution in [0.4, 0.5) is 0 Å². The van der Waals surface area contributed by atoms with E-state index in [1.807, 2.05) is 6.92 Å². The maximum absolute atomic E-state index is 5.01. The highest BCUT2D eigenvalue weighted by atomic mass is 16.5. The van der Waals surface area contributed by atoms with E-state index < -0.39 is 0 Å². The van der Waals surface area contributed by atoms with Crippen molar-refractivity contribution in [2.24, 2.45) is 0 Å². The molecular formula is C12H22N4O. The Bertz CT molecular complexity index is 339. The molecule has 1 unspecified atom stereocenters. The van der Waals surface area contributed by atoms with Crippen LogP contribution in [0.2, 0.25) is 0 Å². The fraction of sp³-hybridized carbons (Fsp3) is 0.833. The predicted octanol–water partition coefficient (Wildman–Crippen LogP) is 1.34. The largest absolute Gasteiger partial charge is 0.340 e. The van der Waals surface area contributed by atoms with Crippen molar-refractivity contribution in [3.8, 4) is 0 Å². The van der Waals surface area contributed by atoms with Crippen molar-refractivity contribution in [1.82, 2.24) is 20.4 Å². The van der Waals surface area contributed by atoms with Gasteiger partial charge >= 0.3 is 0 Å². The van der Waals surface area contributed by atoms with Crippen molar-refractivity contribution in [2.75, 3.05) is 19.6 Å². The summed E-state index contributed by atoms with van der Waals surface area (Å²) in [6, 6.07) is 0.607. The Balaban J connectivity index is 1.90. The van der Waals surface area contributed by atoms with Crippen LogP contribution in [-0.4, -0.2) is 40.7 Å². The minimum absolute atomic E-state index is 0.607. The lowest BCUT2D eigenvalue weighted by Crippen LogP contribution is -2.37. The Labute approximate surface area is 103 Å². The number of aromatic nitrogens is 2. The summed E-state index contributed by atoms with van der Waals surface area (Å²) in [6.45, 7) is 8.19. The molecule has 0 aromatic carbocycles. The summed E-state index contributed by atoms with van der Waals surface area (Å²) < 4.78 is 5.01. The minimum Gasteiger partial charge on any atom is -0.340 e. The first-order valence-electron chi connectivity index (χ1n) is 6.53. The fourth-order valence-electron chi connectivity index (χ4n) is 2.37. The summed E-state index contributed by atoms with van der Waals surface area (Å²) in [4.78, 5) is 6.69. The van der Waals surface area contributed by atoms with Crippen LogP contribution in [0.25, 0.3) is 0 Å². The van der Waals surface area contributed by atoms with Crippen LogP contribution in [0, 0.1) is 6.92 Å². The van der Waals surface area contributed by atoms with Gasteiger partial charge in [0.2, 0.25) is 5.89 Å². The second-order valence-electron chi connectivity index (χ2n) is 4.76. The Morgan fingerprint density at radius 3 is 3.12 bits per heavy atom. The molecule has 0 radical (unpaired) electrons. The van der Waals surface area contributed by atoms with Gasteiger partial charge in [0, 0.05) is 19.5 Å². The molecule has 96 valence electrons. The van der Waals surface area contributed by atoms with Crippen LogP contribution in [0.3, 0.4) is 0 Å². The molecule has 1 saturated heterocycles. The Morgan fingerprint density at radius 2 is 2.41 bits per heavy atom. The van der Waals surface area contributed by atoms with Crippen LogP contribution in [-0.2, 0) is 6.54 Å². The third kappa shape index (κ3) is 3.78. The van der Waals surface area contributed by atoms with Crippen molar-refractivity contribution in [2.45, 2.75) is 45.7 Å². The van der Waals surface area contributed by atoms with E-state index in [1.54, 1.807) is 0 Å². The molecule has 5 nitrogen and oxygen atoms in total. The molecule has 0 amide bonds. The van der Waals surface area contributed by atoms with Gasteiger partial charge in [-0.05, 0) is 25.9 Å². The Morgan fingerprint density at radius 1 is 1.53 bits per heavy atom. The molecule has 2 rings (SSSR count). The molecule has 1 aliphatic heterocycles. The smallest absolute Gasteiger partial charge is 0.223 e. The van der Waals surface area contributed by atoms with Gasteiger partial charge in [0.25, 0.3) is 0 Å². The maximum atomic E-state index is 5.01. The summed E-state index contributed by atoms with van der Waals surface area (Å²) >= 11 is 0. The predicted molar refractivity (Wildman–Crippen MR) is 65.6 cm³/mol. The molecule has 1 fully saturated rings. The lowest BCUT2D eigenvalue weighted by molar-refractivity contribution is 0.245. The molecule has 0 saturated carbocycles. The van der Waals surface area contributed by atoms with E-state index in [1.165, 1.54) is 19.3 Å². The summed E-state index contributed by atoms with van der Waals surface area (Å²) in [5.74, 6) is 1.46. The van der Waals surface area contributed by atoms with Crippen LogP contribution >= 0.6 is 0 Å². The molecule has 0 spiro atoms. The standard InChI is InChI=1S/C12H22N4O/c1-3-5-11-8-16(7-4-6-13-11)9-12-14-10(2)17-15-12/h11,13H,3-9H2,1-2H3. The lowest BCUT2D eigenvalue weighted by Gasteiger charge is -2.22. The van der Waals surface area contributed by atoms with Crippen molar-refractivity contribution in [3.05, 3.63) is 11.7 Å². The molecule has 17 heavy (non-hydrogen) atoms. The number of aryl methyl sites for hydroxylation is 1. The highest BCUT2D eigenvalue weighted by molar-refractivity contribution is 4.86. The van der Waals surface area contributed by atoms with Gasteiger partial charge in [-0.25, -0.2) is 0 Å². The van der Waals surface area contributed by atoms with Gasteiger partial charge in [0.1, 0.15) is 0 Å². The van der Waals surface area contributed by atoms with Gasteiger partial charge < -0.3 is 9.84 Å². The summed E-state index contributed by atoms with van der Waals surface area (Å²) in [5, 5.41) is 7.56. The lowest BCUT2D eigenvalue weighted by atomic mass is 10.1. The topological polar surface area (TPSA) is 54.2 Å². The van der Waals surface area contributed by atoms with E-state index in [4.69, 9.17) is 4.52 Å². The third-order valence-electron chi connectivity index (χ3n) is 3.13. The second kappa shape index (κ2) is 6.12. The van der Waals surface area contributed by atoms with Crippen LogP contribution < -0.4 is 5.32 Å². The number of nitrogens with one attached hydrogen (secondary N) is 1. The second-order valence-corrected chi connectivity index (χ2v) is 4.76. The van der Waals surface area contributed by atoms with Crippen molar-refractivity contribution >= 4 is 0 Å². The van der Waals surface area contributed by atoms with E-state index >= 15 is 0 Å². The zero-order valence-corrected chi connectivity index (χ0v) is 10.8. The molecule has 2 heterocycles. The molecule has 1 aromatic rings. The van der Waals surface area contributed by atoms with Gasteiger partial charge in [-0.2, -0.15) is 4.98 Å². The molecule has 1 atom stereocenters. The normalized spacial score (nSPS) is 22.6. The summed E-state index contributed by atoms with van der Waals surface area (Å²) in [5.41, 5.74) is 0. The molecule has 0 bridgehead atoms. The van der Waals surface area contributed by atoms with Crippen LogP contribution in [0.5, 0.6) is 0 Å². The summed E-state index contributed by atoms with van der Waals surface area (Å²) in [6.07, 6.45) is 3.66. The SMILES string of the molecule is CCCC1CN(Cc2noc(C)n2)CCCN1. The van der Waals surface area contributed by atoms with Gasteiger partial charge in [-0.15, -0.1) is 0 Å². The molecule has 5 heteroatoms. The number of hydrogen-bond donors (Lipinski definition) is 1. The quantitative estimate of drug-likeness (QED) is 0.858. The van der Waals surface area contributed by atoms with Crippen molar-refractivity contribution in [1.29, 1.82) is 0 Å². The average Bonchev–Trinajstić information content (AvgIpc) is 2.58. The maximum Gasteiger partial charge on any atom is 0.223 e. The molecular weight excluding hydrogens is 216 g/mol. The number of rotatable bonds is 4.